The second-order valence-electron chi connectivity index (χ2n) is 4.71. The number of nitrogens with zero attached hydrogens (tertiary/aromatic N) is 1. The van der Waals surface area contributed by atoms with Crippen LogP contribution in [-0.2, 0) is 6.54 Å². The Labute approximate surface area is 106 Å². The smallest absolute Gasteiger partial charge is 0.109 e. The molecule has 0 aliphatic carbocycles. The third-order valence-electron chi connectivity index (χ3n) is 3.44. The monoisotopic (exact) mass is 253 g/mol. The van der Waals surface area contributed by atoms with Crippen LogP contribution in [0.4, 0.5) is 0 Å². The summed E-state index contributed by atoms with van der Waals surface area (Å²) in [5.74, 6) is 0. The first-order valence-electron chi connectivity index (χ1n) is 6.06. The zero-order valence-electron chi connectivity index (χ0n) is 10.1. The molecule has 5 heteroatoms. The topological polar surface area (TPSA) is 84.2 Å². The highest BCUT2D eigenvalue weighted by Crippen LogP contribution is 2.21. The minimum atomic E-state index is -1.20. The zero-order valence-corrected chi connectivity index (χ0v) is 10.1. The number of benzene rings is 1. The molecule has 1 aromatic rings. The summed E-state index contributed by atoms with van der Waals surface area (Å²) < 4.78 is 0. The minimum absolute atomic E-state index is 0.234. The van der Waals surface area contributed by atoms with Gasteiger partial charge in [0.2, 0.25) is 0 Å². The van der Waals surface area contributed by atoms with Crippen LogP contribution in [0, 0.1) is 0 Å². The molecule has 1 saturated heterocycles. The van der Waals surface area contributed by atoms with Gasteiger partial charge in [-0.25, -0.2) is 0 Å². The Balaban J connectivity index is 2.10. The number of hydrogen-bond donors (Lipinski definition) is 4. The molecule has 0 spiro atoms. The van der Waals surface area contributed by atoms with Crippen LogP contribution in [-0.4, -0.2) is 62.8 Å². The number of hydrogen-bond acceptors (Lipinski definition) is 5. The van der Waals surface area contributed by atoms with Crippen LogP contribution in [0.15, 0.2) is 30.3 Å². The highest BCUT2D eigenvalue weighted by atomic mass is 16.4. The van der Waals surface area contributed by atoms with Gasteiger partial charge in [-0.15, -0.1) is 0 Å². The molecule has 1 aliphatic rings. The normalized spacial score (nSPS) is 33.6. The molecule has 1 aliphatic heterocycles. The Kier molecular flexibility index (Phi) is 4.31. The van der Waals surface area contributed by atoms with Crippen molar-refractivity contribution in [1.29, 1.82) is 0 Å². The molecule has 0 radical (unpaired) electrons. The van der Waals surface area contributed by atoms with Gasteiger partial charge in [0.1, 0.15) is 12.2 Å². The van der Waals surface area contributed by atoms with Crippen LogP contribution in [0.25, 0.3) is 0 Å². The Morgan fingerprint density at radius 3 is 2.33 bits per heavy atom. The van der Waals surface area contributed by atoms with E-state index in [4.69, 9.17) is 0 Å². The molecule has 0 bridgehead atoms. The van der Waals surface area contributed by atoms with Crippen LogP contribution in [0.2, 0.25) is 0 Å². The van der Waals surface area contributed by atoms with Gasteiger partial charge in [-0.2, -0.15) is 0 Å². The van der Waals surface area contributed by atoms with E-state index in [-0.39, 0.29) is 13.2 Å². The highest BCUT2D eigenvalue weighted by Gasteiger charge is 2.40. The molecule has 1 aromatic carbocycles. The van der Waals surface area contributed by atoms with Gasteiger partial charge in [0.25, 0.3) is 0 Å². The summed E-state index contributed by atoms with van der Waals surface area (Å²) in [6.07, 6.45) is -3.33. The zero-order chi connectivity index (χ0) is 13.1. The van der Waals surface area contributed by atoms with Crippen molar-refractivity contribution >= 4 is 0 Å². The van der Waals surface area contributed by atoms with Crippen molar-refractivity contribution in [3.05, 3.63) is 35.9 Å². The van der Waals surface area contributed by atoms with Crippen molar-refractivity contribution in [2.75, 3.05) is 13.2 Å². The number of aliphatic hydroxyl groups is 4. The molecular weight excluding hydrogens is 234 g/mol. The van der Waals surface area contributed by atoms with Gasteiger partial charge < -0.3 is 20.4 Å². The van der Waals surface area contributed by atoms with E-state index in [1.54, 1.807) is 4.90 Å². The van der Waals surface area contributed by atoms with Gasteiger partial charge in [0, 0.05) is 13.1 Å². The maximum Gasteiger partial charge on any atom is 0.109 e. The fraction of sp³-hybridized carbons (Fsp3) is 0.538. The van der Waals surface area contributed by atoms with Crippen LogP contribution in [0.1, 0.15) is 5.56 Å². The number of β-amino-alcohol motifs (C(OH)–C–C–N with tert-alkyl or cyclic N) is 1. The second-order valence-corrected chi connectivity index (χ2v) is 4.71. The van der Waals surface area contributed by atoms with Crippen molar-refractivity contribution in [2.45, 2.75) is 30.9 Å². The molecule has 100 valence electrons. The van der Waals surface area contributed by atoms with E-state index in [0.29, 0.717) is 6.54 Å². The molecule has 5 nitrogen and oxygen atoms in total. The molecule has 0 amide bonds. The Morgan fingerprint density at radius 2 is 1.72 bits per heavy atom. The predicted molar refractivity (Wildman–Crippen MR) is 65.7 cm³/mol. The molecule has 1 heterocycles. The largest absolute Gasteiger partial charge is 0.395 e. The van der Waals surface area contributed by atoms with Crippen molar-refractivity contribution in [2.24, 2.45) is 0 Å². The SMILES string of the molecule is OCC1C(O)C(O)C(O)CN1Cc1ccccc1. The lowest BCUT2D eigenvalue weighted by Crippen LogP contribution is -2.62. The van der Waals surface area contributed by atoms with Crippen LogP contribution < -0.4 is 0 Å². The number of likely N-dealkylation sites (tertiary alicyclic amines) is 1. The van der Waals surface area contributed by atoms with Crippen molar-refractivity contribution in [3.8, 4) is 0 Å². The van der Waals surface area contributed by atoms with Crippen molar-refractivity contribution in [1.82, 2.24) is 4.90 Å². The van der Waals surface area contributed by atoms with Crippen LogP contribution in [0.5, 0.6) is 0 Å². The molecule has 4 N–H and O–H groups in total. The lowest BCUT2D eigenvalue weighted by atomic mass is 9.94. The number of piperidine rings is 1. The average Bonchev–Trinajstić information content (AvgIpc) is 2.38. The van der Waals surface area contributed by atoms with Gasteiger partial charge >= 0.3 is 0 Å². The molecule has 18 heavy (non-hydrogen) atoms. The number of rotatable bonds is 3. The molecule has 0 aromatic heterocycles. The van der Waals surface area contributed by atoms with Crippen molar-refractivity contribution < 1.29 is 20.4 Å². The van der Waals surface area contributed by atoms with E-state index in [1.165, 1.54) is 0 Å². The Hall–Kier alpha value is -0.980. The van der Waals surface area contributed by atoms with E-state index in [1.807, 2.05) is 30.3 Å². The summed E-state index contributed by atoms with van der Waals surface area (Å²) in [5, 5.41) is 38.4. The predicted octanol–water partition coefficient (Wildman–Crippen LogP) is -1.05. The first-order valence-corrected chi connectivity index (χ1v) is 6.06. The summed E-state index contributed by atoms with van der Waals surface area (Å²) in [5.41, 5.74) is 1.03. The fourth-order valence-corrected chi connectivity index (χ4v) is 2.38. The minimum Gasteiger partial charge on any atom is -0.395 e. The quantitative estimate of drug-likeness (QED) is 0.552. The summed E-state index contributed by atoms with van der Waals surface area (Å²) in [4.78, 5) is 1.79. The third-order valence-corrected chi connectivity index (χ3v) is 3.44. The standard InChI is InChI=1S/C13H19NO4/c15-8-10-12(17)13(18)11(16)7-14(10)6-9-4-2-1-3-5-9/h1-5,10-13,15-18H,6-8H2. The van der Waals surface area contributed by atoms with Crippen LogP contribution >= 0.6 is 0 Å². The van der Waals surface area contributed by atoms with Gasteiger partial charge in [0.05, 0.1) is 18.8 Å². The molecule has 0 saturated carbocycles. The summed E-state index contributed by atoms with van der Waals surface area (Å²) in [7, 11) is 0. The maximum atomic E-state index is 9.84. The van der Waals surface area contributed by atoms with Crippen molar-refractivity contribution in [3.63, 3.8) is 0 Å². The van der Waals surface area contributed by atoms with Gasteiger partial charge in [-0.3, -0.25) is 4.90 Å². The molecule has 1 fully saturated rings. The molecule has 2 rings (SSSR count). The first kappa shape index (κ1) is 13.5. The highest BCUT2D eigenvalue weighted by molar-refractivity contribution is 5.15. The summed E-state index contributed by atoms with van der Waals surface area (Å²) in [6.45, 7) is 0.503. The van der Waals surface area contributed by atoms with Gasteiger partial charge in [0.15, 0.2) is 0 Å². The summed E-state index contributed by atoms with van der Waals surface area (Å²) in [6, 6.07) is 9.07. The lowest BCUT2D eigenvalue weighted by molar-refractivity contribution is -0.147. The molecule has 4 atom stereocenters. The lowest BCUT2D eigenvalue weighted by Gasteiger charge is -2.43. The van der Waals surface area contributed by atoms with E-state index < -0.39 is 24.4 Å². The average molecular weight is 253 g/mol. The Bertz CT molecular complexity index is 373. The Morgan fingerprint density at radius 1 is 1.06 bits per heavy atom. The van der Waals surface area contributed by atoms with E-state index in [9.17, 15) is 20.4 Å². The fourth-order valence-electron chi connectivity index (χ4n) is 2.38. The molecular formula is C13H19NO4. The van der Waals surface area contributed by atoms with E-state index in [2.05, 4.69) is 0 Å². The number of aliphatic hydroxyl groups excluding tert-OH is 4. The molecule has 4 unspecified atom stereocenters. The van der Waals surface area contributed by atoms with Gasteiger partial charge in [-0.1, -0.05) is 30.3 Å². The maximum absolute atomic E-state index is 9.84. The third kappa shape index (κ3) is 2.71. The van der Waals surface area contributed by atoms with E-state index >= 15 is 0 Å². The van der Waals surface area contributed by atoms with E-state index in [0.717, 1.165) is 5.56 Å². The van der Waals surface area contributed by atoms with Crippen LogP contribution in [0.3, 0.4) is 0 Å². The summed E-state index contributed by atoms with van der Waals surface area (Å²) >= 11 is 0. The first-order chi connectivity index (χ1) is 8.63. The second kappa shape index (κ2) is 5.77. The van der Waals surface area contributed by atoms with Gasteiger partial charge in [-0.05, 0) is 5.56 Å².